The molecule has 0 radical (unpaired) electrons. The lowest BCUT2D eigenvalue weighted by Gasteiger charge is -2.23. The Hall–Kier alpha value is -1.69. The Balaban J connectivity index is 2.33. The van der Waals surface area contributed by atoms with Gasteiger partial charge in [-0.25, -0.2) is 8.78 Å². The maximum atomic E-state index is 13.3. The molecule has 1 rings (SSSR count). The van der Waals surface area contributed by atoms with Crippen LogP contribution in [0.3, 0.4) is 0 Å². The highest BCUT2D eigenvalue weighted by atomic mass is 19.1. The number of ether oxygens (including phenoxy) is 1. The summed E-state index contributed by atoms with van der Waals surface area (Å²) in [5.41, 5.74) is -0.971. The molecule has 2 N–H and O–H groups in total. The Bertz CT molecular complexity index is 468. The molecule has 6 heteroatoms. The van der Waals surface area contributed by atoms with Crippen molar-refractivity contribution in [3.63, 3.8) is 0 Å². The predicted octanol–water partition coefficient (Wildman–Crippen LogP) is 2.58. The minimum absolute atomic E-state index is 0.000938. The predicted molar refractivity (Wildman–Crippen MR) is 70.8 cm³/mol. The highest BCUT2D eigenvalue weighted by Gasteiger charge is 2.30. The van der Waals surface area contributed by atoms with Crippen LogP contribution in [0.15, 0.2) is 18.2 Å². The first-order valence-corrected chi connectivity index (χ1v) is 6.39. The molecule has 0 aliphatic carbocycles. The van der Waals surface area contributed by atoms with Crippen molar-refractivity contribution >= 4 is 5.97 Å². The topological polar surface area (TPSA) is 58.6 Å². The van der Waals surface area contributed by atoms with Crippen molar-refractivity contribution in [1.82, 2.24) is 5.32 Å². The normalized spacial score (nSPS) is 13.8. The Kier molecular flexibility index (Phi) is 5.88. The summed E-state index contributed by atoms with van der Waals surface area (Å²) in [6, 6.07) is 3.12. The molecular weight excluding hydrogens is 268 g/mol. The summed E-state index contributed by atoms with van der Waals surface area (Å²) in [6.45, 7) is 1.86. The van der Waals surface area contributed by atoms with Gasteiger partial charge in [0.15, 0.2) is 11.6 Å². The molecule has 1 atom stereocenters. The fourth-order valence-electron chi connectivity index (χ4n) is 1.69. The minimum Gasteiger partial charge on any atom is -0.491 e. The van der Waals surface area contributed by atoms with E-state index in [4.69, 9.17) is 9.84 Å². The summed E-state index contributed by atoms with van der Waals surface area (Å²) < 4.78 is 31.1. The van der Waals surface area contributed by atoms with E-state index in [1.807, 2.05) is 0 Å². The van der Waals surface area contributed by atoms with E-state index in [1.165, 1.54) is 6.07 Å². The van der Waals surface area contributed by atoms with E-state index in [0.29, 0.717) is 19.3 Å². The van der Waals surface area contributed by atoms with Crippen LogP contribution in [0.5, 0.6) is 5.75 Å². The zero-order chi connectivity index (χ0) is 15.2. The van der Waals surface area contributed by atoms with Crippen molar-refractivity contribution < 1.29 is 23.4 Å². The molecule has 0 spiro atoms. The monoisotopic (exact) mass is 287 g/mol. The lowest BCUT2D eigenvalue weighted by molar-refractivity contribution is -0.144. The number of nitrogens with one attached hydrogen (secondary N) is 1. The molecule has 0 saturated carbocycles. The Morgan fingerprint density at radius 2 is 2.10 bits per heavy atom. The zero-order valence-corrected chi connectivity index (χ0v) is 11.6. The van der Waals surface area contributed by atoms with Crippen molar-refractivity contribution in [2.24, 2.45) is 0 Å². The number of benzene rings is 1. The van der Waals surface area contributed by atoms with E-state index in [-0.39, 0.29) is 12.4 Å². The number of halogens is 2. The SMILES string of the molecule is CNC(C)(CCCCOc1ccc(F)cc1F)C(=O)O. The van der Waals surface area contributed by atoms with Crippen molar-refractivity contribution in [3.05, 3.63) is 29.8 Å². The number of rotatable bonds is 8. The van der Waals surface area contributed by atoms with Crippen molar-refractivity contribution in [2.45, 2.75) is 31.7 Å². The van der Waals surface area contributed by atoms with Crippen LogP contribution in [0.2, 0.25) is 0 Å². The molecule has 0 heterocycles. The molecule has 0 bridgehead atoms. The summed E-state index contributed by atoms with van der Waals surface area (Å²) in [5.74, 6) is -2.30. The van der Waals surface area contributed by atoms with Crippen molar-refractivity contribution in [1.29, 1.82) is 0 Å². The molecular formula is C14H19F2NO3. The van der Waals surface area contributed by atoms with Crippen LogP contribution >= 0.6 is 0 Å². The van der Waals surface area contributed by atoms with E-state index in [0.717, 1.165) is 12.1 Å². The summed E-state index contributed by atoms with van der Waals surface area (Å²) >= 11 is 0. The van der Waals surface area contributed by atoms with E-state index in [2.05, 4.69) is 5.32 Å². The maximum Gasteiger partial charge on any atom is 0.323 e. The number of hydrogen-bond acceptors (Lipinski definition) is 3. The number of aliphatic carboxylic acids is 1. The quantitative estimate of drug-likeness (QED) is 0.722. The van der Waals surface area contributed by atoms with Gasteiger partial charge in [-0.2, -0.15) is 0 Å². The van der Waals surface area contributed by atoms with Gasteiger partial charge in [-0.15, -0.1) is 0 Å². The number of unbranched alkanes of at least 4 members (excludes halogenated alkanes) is 1. The molecule has 0 fully saturated rings. The Labute approximate surface area is 116 Å². The molecule has 0 amide bonds. The van der Waals surface area contributed by atoms with Crippen molar-refractivity contribution in [2.75, 3.05) is 13.7 Å². The maximum absolute atomic E-state index is 13.3. The molecule has 20 heavy (non-hydrogen) atoms. The van der Waals surface area contributed by atoms with E-state index in [9.17, 15) is 13.6 Å². The molecule has 1 unspecified atom stereocenters. The van der Waals surface area contributed by atoms with Gasteiger partial charge in [-0.1, -0.05) is 0 Å². The Morgan fingerprint density at radius 1 is 1.40 bits per heavy atom. The van der Waals surface area contributed by atoms with E-state index >= 15 is 0 Å². The zero-order valence-electron chi connectivity index (χ0n) is 11.6. The number of hydrogen-bond donors (Lipinski definition) is 2. The molecule has 0 aliphatic rings. The molecule has 0 saturated heterocycles. The highest BCUT2D eigenvalue weighted by Crippen LogP contribution is 2.19. The molecule has 1 aromatic carbocycles. The molecule has 0 aromatic heterocycles. The lowest BCUT2D eigenvalue weighted by atomic mass is 9.95. The summed E-state index contributed by atoms with van der Waals surface area (Å²) in [5, 5.41) is 11.8. The van der Waals surface area contributed by atoms with Gasteiger partial charge in [0.05, 0.1) is 6.61 Å². The van der Waals surface area contributed by atoms with E-state index < -0.39 is 23.1 Å². The largest absolute Gasteiger partial charge is 0.491 e. The molecule has 4 nitrogen and oxygen atoms in total. The number of carboxylic acids is 1. The van der Waals surface area contributed by atoms with Crippen LogP contribution < -0.4 is 10.1 Å². The molecule has 112 valence electrons. The number of carboxylic acid groups (broad SMARTS) is 1. The Morgan fingerprint density at radius 3 is 2.65 bits per heavy atom. The fraction of sp³-hybridized carbons (Fsp3) is 0.500. The average Bonchev–Trinajstić information content (AvgIpc) is 2.40. The van der Waals surface area contributed by atoms with Crippen LogP contribution in [-0.4, -0.2) is 30.3 Å². The van der Waals surface area contributed by atoms with Crippen LogP contribution in [0.1, 0.15) is 26.2 Å². The molecule has 1 aromatic rings. The fourth-order valence-corrected chi connectivity index (χ4v) is 1.69. The van der Waals surface area contributed by atoms with Crippen LogP contribution in [-0.2, 0) is 4.79 Å². The van der Waals surface area contributed by atoms with Gasteiger partial charge in [0.1, 0.15) is 11.4 Å². The minimum atomic E-state index is -0.971. The standard InChI is InChI=1S/C14H19F2NO3/c1-14(17-2,13(18)19)7-3-4-8-20-12-6-5-10(15)9-11(12)16/h5-6,9,17H,3-4,7-8H2,1-2H3,(H,18,19). The first kappa shape index (κ1) is 16.4. The smallest absolute Gasteiger partial charge is 0.323 e. The van der Waals surface area contributed by atoms with Gasteiger partial charge in [-0.05, 0) is 45.4 Å². The number of carbonyl (C=O) groups is 1. The second-order valence-electron chi connectivity index (χ2n) is 4.77. The highest BCUT2D eigenvalue weighted by molar-refractivity contribution is 5.78. The van der Waals surface area contributed by atoms with Gasteiger partial charge in [0.2, 0.25) is 0 Å². The second-order valence-corrected chi connectivity index (χ2v) is 4.77. The van der Waals surface area contributed by atoms with Crippen LogP contribution in [0.25, 0.3) is 0 Å². The summed E-state index contributed by atoms with van der Waals surface area (Å²) in [7, 11) is 1.60. The van der Waals surface area contributed by atoms with E-state index in [1.54, 1.807) is 14.0 Å². The second kappa shape index (κ2) is 7.19. The third-order valence-electron chi connectivity index (χ3n) is 3.25. The number of likely N-dealkylation sites (N-methyl/N-ethyl adjacent to an activating group) is 1. The van der Waals surface area contributed by atoms with Gasteiger partial charge in [0, 0.05) is 6.07 Å². The lowest BCUT2D eigenvalue weighted by Crippen LogP contribution is -2.47. The third kappa shape index (κ3) is 4.45. The summed E-state index contributed by atoms with van der Waals surface area (Å²) in [6.07, 6.45) is 1.64. The first-order valence-electron chi connectivity index (χ1n) is 6.39. The summed E-state index contributed by atoms with van der Waals surface area (Å²) in [4.78, 5) is 11.0. The van der Waals surface area contributed by atoms with Crippen LogP contribution in [0, 0.1) is 11.6 Å². The average molecular weight is 287 g/mol. The van der Waals surface area contributed by atoms with Gasteiger partial charge < -0.3 is 15.2 Å². The van der Waals surface area contributed by atoms with Gasteiger partial charge >= 0.3 is 5.97 Å². The van der Waals surface area contributed by atoms with Gasteiger partial charge in [-0.3, -0.25) is 4.79 Å². The van der Waals surface area contributed by atoms with Crippen molar-refractivity contribution in [3.8, 4) is 5.75 Å². The molecule has 0 aliphatic heterocycles. The third-order valence-corrected chi connectivity index (χ3v) is 3.25. The van der Waals surface area contributed by atoms with Gasteiger partial charge in [0.25, 0.3) is 0 Å². The first-order chi connectivity index (χ1) is 9.39. The van der Waals surface area contributed by atoms with Crippen LogP contribution in [0.4, 0.5) is 8.78 Å².